The number of nitrogens with zero attached hydrogens (tertiary/aromatic N) is 2. The van der Waals surface area contributed by atoms with Crippen LogP contribution in [0.2, 0.25) is 0 Å². The van der Waals surface area contributed by atoms with E-state index >= 15 is 0 Å². The van der Waals surface area contributed by atoms with Crippen molar-refractivity contribution >= 4 is 0 Å². The van der Waals surface area contributed by atoms with E-state index < -0.39 is 0 Å². The molecule has 0 amide bonds. The van der Waals surface area contributed by atoms with Crippen molar-refractivity contribution in [3.8, 4) is 0 Å². The smallest absolute Gasteiger partial charge is 0.228 e. The Hall–Kier alpha value is -0.940. The molecule has 5 heteroatoms. The predicted octanol–water partition coefficient (Wildman–Crippen LogP) is 2.16. The van der Waals surface area contributed by atoms with Crippen molar-refractivity contribution in [2.45, 2.75) is 63.5 Å². The number of rotatable bonds is 5. The maximum Gasteiger partial charge on any atom is 0.228 e. The van der Waals surface area contributed by atoms with Gasteiger partial charge in [-0.25, -0.2) is 0 Å². The minimum Gasteiger partial charge on any atom is -0.370 e. The molecule has 0 aromatic carbocycles. The topological polar surface area (TPSA) is 74.2 Å². The van der Waals surface area contributed by atoms with E-state index in [2.05, 4.69) is 17.1 Å². The molecule has 2 N–H and O–H groups in total. The lowest BCUT2D eigenvalue weighted by atomic mass is 9.84. The molecule has 0 bridgehead atoms. The average molecular weight is 253 g/mol. The summed E-state index contributed by atoms with van der Waals surface area (Å²) in [5, 5.41) is 4.10. The Morgan fingerprint density at radius 3 is 2.72 bits per heavy atom. The summed E-state index contributed by atoms with van der Waals surface area (Å²) >= 11 is 0. The summed E-state index contributed by atoms with van der Waals surface area (Å²) < 4.78 is 11.0. The SMILES string of the molecule is CCC(N)Cc1nc(C2(OC)CCCCC2)no1. The molecule has 2 rings (SSSR count). The normalized spacial score (nSPS) is 20.8. The van der Waals surface area contributed by atoms with Crippen molar-refractivity contribution in [2.24, 2.45) is 5.73 Å². The fraction of sp³-hybridized carbons (Fsp3) is 0.846. The van der Waals surface area contributed by atoms with Crippen molar-refractivity contribution in [2.75, 3.05) is 7.11 Å². The first kappa shape index (κ1) is 13.5. The molecule has 5 nitrogen and oxygen atoms in total. The summed E-state index contributed by atoms with van der Waals surface area (Å²) in [5.41, 5.74) is 5.56. The molecule has 1 heterocycles. The van der Waals surface area contributed by atoms with Gasteiger partial charge in [-0.2, -0.15) is 4.98 Å². The minimum absolute atomic E-state index is 0.0863. The van der Waals surface area contributed by atoms with E-state index in [1.165, 1.54) is 6.42 Å². The van der Waals surface area contributed by atoms with Crippen LogP contribution in [0.1, 0.15) is 57.2 Å². The highest BCUT2D eigenvalue weighted by atomic mass is 16.5. The Balaban J connectivity index is 2.12. The van der Waals surface area contributed by atoms with Gasteiger partial charge in [0.05, 0.1) is 0 Å². The largest absolute Gasteiger partial charge is 0.370 e. The summed E-state index contributed by atoms with van der Waals surface area (Å²) in [6.45, 7) is 2.06. The number of methoxy groups -OCH3 is 1. The number of hydrogen-bond donors (Lipinski definition) is 1. The van der Waals surface area contributed by atoms with Gasteiger partial charge in [-0.1, -0.05) is 31.3 Å². The quantitative estimate of drug-likeness (QED) is 0.870. The standard InChI is InChI=1S/C13H23N3O2/c1-3-10(14)9-11-15-12(16-18-11)13(17-2)7-5-4-6-8-13/h10H,3-9,14H2,1-2H3. The zero-order valence-electron chi connectivity index (χ0n) is 11.3. The van der Waals surface area contributed by atoms with Crippen LogP contribution in [0.4, 0.5) is 0 Å². The Morgan fingerprint density at radius 2 is 2.11 bits per heavy atom. The van der Waals surface area contributed by atoms with Gasteiger partial charge < -0.3 is 15.0 Å². The maximum absolute atomic E-state index is 5.90. The maximum atomic E-state index is 5.90. The molecule has 1 fully saturated rings. The van der Waals surface area contributed by atoms with Gasteiger partial charge in [-0.05, 0) is 19.3 Å². The molecule has 0 saturated heterocycles. The summed E-state index contributed by atoms with van der Waals surface area (Å²) in [5.74, 6) is 1.32. The summed E-state index contributed by atoms with van der Waals surface area (Å²) in [6.07, 6.45) is 7.08. The molecule has 102 valence electrons. The molecule has 1 aliphatic carbocycles. The van der Waals surface area contributed by atoms with Crippen molar-refractivity contribution in [1.82, 2.24) is 10.1 Å². The van der Waals surface area contributed by atoms with E-state index in [0.717, 1.165) is 32.1 Å². The number of hydrogen-bond acceptors (Lipinski definition) is 5. The highest BCUT2D eigenvalue weighted by Crippen LogP contribution is 2.38. The second kappa shape index (κ2) is 5.80. The molecule has 1 unspecified atom stereocenters. The fourth-order valence-corrected chi connectivity index (χ4v) is 2.53. The van der Waals surface area contributed by atoms with Crippen LogP contribution in [0.5, 0.6) is 0 Å². The second-order valence-electron chi connectivity index (χ2n) is 5.14. The Morgan fingerprint density at radius 1 is 1.39 bits per heavy atom. The van der Waals surface area contributed by atoms with Crippen molar-refractivity contribution < 1.29 is 9.26 Å². The average Bonchev–Trinajstić information content (AvgIpc) is 2.88. The third kappa shape index (κ3) is 2.72. The number of ether oxygens (including phenoxy) is 1. The Labute approximate surface area is 108 Å². The monoisotopic (exact) mass is 253 g/mol. The van der Waals surface area contributed by atoms with Crippen molar-refractivity contribution in [3.05, 3.63) is 11.7 Å². The first-order valence-electron chi connectivity index (χ1n) is 6.84. The number of nitrogens with two attached hydrogens (primary N) is 1. The van der Waals surface area contributed by atoms with Gasteiger partial charge in [-0.15, -0.1) is 0 Å². The van der Waals surface area contributed by atoms with Crippen LogP contribution in [0.15, 0.2) is 4.52 Å². The van der Waals surface area contributed by atoms with Crippen LogP contribution in [0.3, 0.4) is 0 Å². The molecule has 1 atom stereocenters. The molecule has 0 radical (unpaired) electrons. The van der Waals surface area contributed by atoms with E-state index in [1.807, 2.05) is 0 Å². The highest BCUT2D eigenvalue weighted by molar-refractivity contribution is 5.03. The molecular formula is C13H23N3O2. The molecule has 1 aliphatic rings. The zero-order chi connectivity index (χ0) is 13.0. The highest BCUT2D eigenvalue weighted by Gasteiger charge is 2.38. The molecule has 0 spiro atoms. The lowest BCUT2D eigenvalue weighted by Crippen LogP contribution is -2.32. The van der Waals surface area contributed by atoms with E-state index in [0.29, 0.717) is 18.1 Å². The van der Waals surface area contributed by atoms with E-state index in [-0.39, 0.29) is 11.6 Å². The molecule has 0 aliphatic heterocycles. The van der Waals surface area contributed by atoms with Crippen LogP contribution in [0, 0.1) is 0 Å². The minimum atomic E-state index is -0.337. The Bertz CT molecular complexity index is 372. The fourth-order valence-electron chi connectivity index (χ4n) is 2.53. The zero-order valence-corrected chi connectivity index (χ0v) is 11.3. The van der Waals surface area contributed by atoms with Crippen LogP contribution < -0.4 is 5.73 Å². The Kier molecular flexibility index (Phi) is 4.35. The first-order chi connectivity index (χ1) is 8.70. The van der Waals surface area contributed by atoms with Gasteiger partial charge in [0.15, 0.2) is 0 Å². The van der Waals surface area contributed by atoms with Gasteiger partial charge in [-0.3, -0.25) is 0 Å². The van der Waals surface area contributed by atoms with Gasteiger partial charge in [0.1, 0.15) is 5.60 Å². The van der Waals surface area contributed by atoms with Gasteiger partial charge in [0.2, 0.25) is 11.7 Å². The lowest BCUT2D eigenvalue weighted by molar-refractivity contribution is -0.0527. The molecular weight excluding hydrogens is 230 g/mol. The molecule has 1 aromatic heterocycles. The van der Waals surface area contributed by atoms with E-state index in [1.54, 1.807) is 7.11 Å². The third-order valence-electron chi connectivity index (χ3n) is 3.89. The van der Waals surface area contributed by atoms with Crippen molar-refractivity contribution in [3.63, 3.8) is 0 Å². The number of aromatic nitrogens is 2. The first-order valence-corrected chi connectivity index (χ1v) is 6.84. The molecule has 1 saturated carbocycles. The van der Waals surface area contributed by atoms with Crippen molar-refractivity contribution in [1.29, 1.82) is 0 Å². The van der Waals surface area contributed by atoms with Crippen LogP contribution in [0.25, 0.3) is 0 Å². The van der Waals surface area contributed by atoms with E-state index in [9.17, 15) is 0 Å². The van der Waals surface area contributed by atoms with Gasteiger partial charge >= 0.3 is 0 Å². The summed E-state index contributed by atoms with van der Waals surface area (Å²) in [4.78, 5) is 4.48. The van der Waals surface area contributed by atoms with E-state index in [4.69, 9.17) is 15.0 Å². The van der Waals surface area contributed by atoms with Crippen LogP contribution in [-0.2, 0) is 16.8 Å². The molecule has 18 heavy (non-hydrogen) atoms. The third-order valence-corrected chi connectivity index (χ3v) is 3.89. The van der Waals surface area contributed by atoms with Gasteiger partial charge in [0, 0.05) is 19.6 Å². The predicted molar refractivity (Wildman–Crippen MR) is 68.0 cm³/mol. The van der Waals surface area contributed by atoms with Crippen LogP contribution >= 0.6 is 0 Å². The van der Waals surface area contributed by atoms with Gasteiger partial charge in [0.25, 0.3) is 0 Å². The summed E-state index contributed by atoms with van der Waals surface area (Å²) in [6, 6.07) is 0.0863. The van der Waals surface area contributed by atoms with Crippen LogP contribution in [-0.4, -0.2) is 23.3 Å². The summed E-state index contributed by atoms with van der Waals surface area (Å²) in [7, 11) is 1.74. The lowest BCUT2D eigenvalue weighted by Gasteiger charge is -2.32. The second-order valence-corrected chi connectivity index (χ2v) is 5.14. The molecule has 1 aromatic rings.